The summed E-state index contributed by atoms with van der Waals surface area (Å²) in [6.45, 7) is 0.502. The lowest BCUT2D eigenvalue weighted by Gasteiger charge is -2.27. The molecular weight excluding hydrogens is 495 g/mol. The van der Waals surface area contributed by atoms with Gasteiger partial charge in [0.15, 0.2) is 0 Å². The Bertz CT molecular complexity index is 1410. The predicted molar refractivity (Wildman–Crippen MR) is 140 cm³/mol. The van der Waals surface area contributed by atoms with Gasteiger partial charge in [-0.2, -0.15) is 0 Å². The highest BCUT2D eigenvalue weighted by atomic mass is 35.5. The summed E-state index contributed by atoms with van der Waals surface area (Å²) < 4.78 is 19.1. The number of halogens is 2. The molecule has 1 fully saturated rings. The van der Waals surface area contributed by atoms with Crippen LogP contribution in [-0.2, 0) is 11.2 Å². The molecular formula is C29H26ClFN2O4. The number of carbonyl (C=O) groups excluding carboxylic acids is 3. The summed E-state index contributed by atoms with van der Waals surface area (Å²) in [5.74, 6) is -0.798. The Morgan fingerprint density at radius 1 is 1.05 bits per heavy atom. The molecule has 1 heterocycles. The summed E-state index contributed by atoms with van der Waals surface area (Å²) in [5, 5.41) is 2.80. The van der Waals surface area contributed by atoms with Crippen molar-refractivity contribution in [2.75, 3.05) is 23.9 Å². The van der Waals surface area contributed by atoms with Crippen LogP contribution in [0.4, 0.5) is 15.8 Å². The number of anilines is 2. The number of ketones is 1. The topological polar surface area (TPSA) is 75.7 Å². The normalized spacial score (nSPS) is 18.9. The van der Waals surface area contributed by atoms with Gasteiger partial charge in [0.2, 0.25) is 0 Å². The van der Waals surface area contributed by atoms with Crippen molar-refractivity contribution in [3.63, 3.8) is 0 Å². The number of nitrogens with zero attached hydrogens (tertiary/aromatic N) is 1. The van der Waals surface area contributed by atoms with Crippen LogP contribution in [0.5, 0.6) is 5.75 Å². The molecule has 2 aliphatic rings. The maximum atomic E-state index is 13.7. The quantitative estimate of drug-likeness (QED) is 0.453. The van der Waals surface area contributed by atoms with Gasteiger partial charge in [-0.1, -0.05) is 29.8 Å². The van der Waals surface area contributed by atoms with Crippen LogP contribution >= 0.6 is 11.6 Å². The van der Waals surface area contributed by atoms with Crippen LogP contribution in [0.15, 0.2) is 60.7 Å². The summed E-state index contributed by atoms with van der Waals surface area (Å²) in [5.41, 5.74) is 2.51. The van der Waals surface area contributed by atoms with Gasteiger partial charge in [0, 0.05) is 30.6 Å². The zero-order valence-corrected chi connectivity index (χ0v) is 21.1. The average Bonchev–Trinajstić information content (AvgIpc) is 3.17. The Morgan fingerprint density at radius 3 is 2.62 bits per heavy atom. The molecule has 37 heavy (non-hydrogen) atoms. The molecule has 3 aromatic rings. The van der Waals surface area contributed by atoms with Gasteiger partial charge >= 0.3 is 0 Å². The molecule has 6 nitrogen and oxygen atoms in total. The van der Waals surface area contributed by atoms with Crippen molar-refractivity contribution >= 4 is 40.6 Å². The Hall–Kier alpha value is -3.71. The largest absolute Gasteiger partial charge is 0.495 e. The lowest BCUT2D eigenvalue weighted by molar-refractivity contribution is -0.118. The van der Waals surface area contributed by atoms with Crippen molar-refractivity contribution in [1.29, 1.82) is 0 Å². The highest BCUT2D eigenvalue weighted by Crippen LogP contribution is 2.46. The number of amides is 2. The van der Waals surface area contributed by atoms with Crippen molar-refractivity contribution in [2.45, 2.75) is 32.1 Å². The van der Waals surface area contributed by atoms with Crippen molar-refractivity contribution < 1.29 is 23.5 Å². The second-order valence-electron chi connectivity index (χ2n) is 9.72. The molecule has 0 saturated heterocycles. The highest BCUT2D eigenvalue weighted by molar-refractivity contribution is 6.34. The van der Waals surface area contributed by atoms with Crippen LogP contribution in [0.3, 0.4) is 0 Å². The van der Waals surface area contributed by atoms with E-state index >= 15 is 0 Å². The molecule has 2 amide bonds. The lowest BCUT2D eigenvalue weighted by atomic mass is 9.78. The fourth-order valence-corrected chi connectivity index (χ4v) is 5.61. The zero-order chi connectivity index (χ0) is 26.2. The van der Waals surface area contributed by atoms with Crippen LogP contribution in [0.1, 0.15) is 52.0 Å². The maximum absolute atomic E-state index is 13.7. The number of fused-ring (bicyclic) bond motifs is 1. The Kier molecular flexibility index (Phi) is 6.73. The number of ether oxygens (including phenoxy) is 1. The minimum atomic E-state index is -0.597. The second kappa shape index (κ2) is 9.98. The van der Waals surface area contributed by atoms with E-state index in [-0.39, 0.29) is 27.7 Å². The number of carbonyl (C=O) groups is 3. The van der Waals surface area contributed by atoms with Crippen LogP contribution in [0, 0.1) is 11.2 Å². The fraction of sp³-hybridized carbons (Fsp3) is 0.276. The molecule has 0 unspecified atom stereocenters. The van der Waals surface area contributed by atoms with Crippen molar-refractivity contribution in [2.24, 2.45) is 5.41 Å². The van der Waals surface area contributed by atoms with Crippen LogP contribution in [0.2, 0.25) is 5.02 Å². The van der Waals surface area contributed by atoms with Crippen molar-refractivity contribution in [1.82, 2.24) is 0 Å². The van der Waals surface area contributed by atoms with Crippen LogP contribution in [-0.4, -0.2) is 31.3 Å². The Balaban J connectivity index is 1.42. The average molecular weight is 521 g/mol. The number of para-hydroxylation sites is 1. The van der Waals surface area contributed by atoms with E-state index in [1.165, 1.54) is 19.2 Å². The van der Waals surface area contributed by atoms with Crippen LogP contribution in [0.25, 0.3) is 0 Å². The van der Waals surface area contributed by atoms with Gasteiger partial charge in [-0.3, -0.25) is 14.4 Å². The van der Waals surface area contributed by atoms with E-state index in [1.807, 2.05) is 24.3 Å². The molecule has 3 aromatic carbocycles. The molecule has 0 radical (unpaired) electrons. The summed E-state index contributed by atoms with van der Waals surface area (Å²) in [4.78, 5) is 40.4. The maximum Gasteiger partial charge on any atom is 0.258 e. The van der Waals surface area contributed by atoms with Crippen LogP contribution < -0.4 is 15.0 Å². The molecule has 1 aliphatic heterocycles. The van der Waals surface area contributed by atoms with E-state index in [1.54, 1.807) is 23.1 Å². The van der Waals surface area contributed by atoms with Gasteiger partial charge in [0.05, 0.1) is 23.4 Å². The second-order valence-corrected chi connectivity index (χ2v) is 10.1. The lowest BCUT2D eigenvalue weighted by Crippen LogP contribution is -2.33. The number of hydrogen-bond donors (Lipinski definition) is 1. The molecule has 0 aromatic heterocycles. The summed E-state index contributed by atoms with van der Waals surface area (Å²) in [7, 11) is 1.44. The third-order valence-electron chi connectivity index (χ3n) is 7.33. The molecule has 1 N–H and O–H groups in total. The first-order chi connectivity index (χ1) is 17.8. The van der Waals surface area contributed by atoms with E-state index in [0.29, 0.717) is 36.4 Å². The number of methoxy groups -OCH3 is 1. The highest BCUT2D eigenvalue weighted by Gasteiger charge is 2.41. The van der Waals surface area contributed by atoms with Gasteiger partial charge in [-0.15, -0.1) is 0 Å². The summed E-state index contributed by atoms with van der Waals surface area (Å²) in [6, 6.07) is 16.2. The molecule has 1 atom stereocenters. The first kappa shape index (κ1) is 25.0. The fourth-order valence-electron chi connectivity index (χ4n) is 5.40. The number of rotatable bonds is 4. The molecule has 1 saturated carbocycles. The summed E-state index contributed by atoms with van der Waals surface area (Å²) in [6.07, 6.45) is 3.52. The monoisotopic (exact) mass is 520 g/mol. The number of hydrogen-bond acceptors (Lipinski definition) is 4. The third kappa shape index (κ3) is 4.96. The standard InChI is InChI=1S/C29H26ClFN2O4/c1-37-26-14-18(6-9-24(26)32-27(35)22-15-20(31)7-8-23(22)30)28(36)33-13-12-29(11-10-21(34)17-29)16-19-4-2-3-5-25(19)33/h2-9,14-15H,10-13,16-17H2,1H3,(H,32,35)/t29-/m0/s1. The van der Waals surface area contributed by atoms with Gasteiger partial charge in [0.1, 0.15) is 17.3 Å². The summed E-state index contributed by atoms with van der Waals surface area (Å²) >= 11 is 6.06. The van der Waals surface area contributed by atoms with Gasteiger partial charge in [-0.25, -0.2) is 4.39 Å². The van der Waals surface area contributed by atoms with Crippen molar-refractivity contribution in [3.05, 3.63) is 88.2 Å². The molecule has 1 aliphatic carbocycles. The first-order valence-corrected chi connectivity index (χ1v) is 12.5. The molecule has 5 rings (SSSR count). The number of nitrogens with one attached hydrogen (secondary N) is 1. The van der Waals surface area contributed by atoms with E-state index in [2.05, 4.69) is 5.32 Å². The van der Waals surface area contributed by atoms with Crippen molar-refractivity contribution in [3.8, 4) is 5.75 Å². The minimum absolute atomic E-state index is 0.00984. The van der Waals surface area contributed by atoms with Gasteiger partial charge in [0.25, 0.3) is 11.8 Å². The van der Waals surface area contributed by atoms with E-state index in [9.17, 15) is 18.8 Å². The minimum Gasteiger partial charge on any atom is -0.495 e. The van der Waals surface area contributed by atoms with E-state index < -0.39 is 11.7 Å². The Labute approximate surface area is 219 Å². The van der Waals surface area contributed by atoms with E-state index in [4.69, 9.17) is 16.3 Å². The SMILES string of the molecule is COc1cc(C(=O)N2CC[C@@]3(CCC(=O)C3)Cc3ccccc32)ccc1NC(=O)c1cc(F)ccc1Cl. The van der Waals surface area contributed by atoms with Gasteiger partial charge in [-0.05, 0) is 72.7 Å². The zero-order valence-electron chi connectivity index (χ0n) is 20.4. The number of Topliss-reactive ketones (excluding diaryl/α,β-unsaturated/α-hetero) is 1. The van der Waals surface area contributed by atoms with E-state index in [0.717, 1.165) is 36.6 Å². The van der Waals surface area contributed by atoms with Gasteiger partial charge < -0.3 is 15.0 Å². The molecule has 1 spiro atoms. The smallest absolute Gasteiger partial charge is 0.258 e. The first-order valence-electron chi connectivity index (χ1n) is 12.1. The molecule has 0 bridgehead atoms. The predicted octanol–water partition coefficient (Wildman–Crippen LogP) is 6.07. The third-order valence-corrected chi connectivity index (χ3v) is 7.66. The number of benzene rings is 3. The molecule has 190 valence electrons. The Morgan fingerprint density at radius 2 is 1.86 bits per heavy atom. The molecule has 8 heteroatoms.